The van der Waals surface area contributed by atoms with Gasteiger partial charge >= 0.3 is 0 Å². The van der Waals surface area contributed by atoms with Crippen molar-refractivity contribution in [3.63, 3.8) is 0 Å². The van der Waals surface area contributed by atoms with E-state index in [4.69, 9.17) is 10.8 Å². The number of unbranched alkanes of at least 4 members (excludes halogenated alkanes) is 1. The summed E-state index contributed by atoms with van der Waals surface area (Å²) in [5.74, 6) is 0.108. The number of nitrogens with two attached hydrogens (primary N) is 1. The second-order valence-corrected chi connectivity index (χ2v) is 5.50. The number of aryl methyl sites for hydroxylation is 1. The van der Waals surface area contributed by atoms with E-state index in [-0.39, 0.29) is 18.6 Å². The molecule has 0 radical (unpaired) electrons. The van der Waals surface area contributed by atoms with Gasteiger partial charge in [-0.2, -0.15) is 0 Å². The van der Waals surface area contributed by atoms with Gasteiger partial charge in [0.05, 0.1) is 0 Å². The number of hydrogen-bond acceptors (Lipinski definition) is 3. The first-order valence-corrected chi connectivity index (χ1v) is 7.77. The van der Waals surface area contributed by atoms with E-state index >= 15 is 0 Å². The maximum Gasteiger partial charge on any atom is 0.224 e. The highest BCUT2D eigenvalue weighted by Crippen LogP contribution is 2.11. The summed E-state index contributed by atoms with van der Waals surface area (Å²) in [6.45, 7) is 5.62. The predicted octanol–water partition coefficient (Wildman–Crippen LogP) is 1.88. The summed E-state index contributed by atoms with van der Waals surface area (Å²) in [4.78, 5) is 14.1. The second-order valence-electron chi connectivity index (χ2n) is 5.50. The van der Waals surface area contributed by atoms with Gasteiger partial charge < -0.3 is 15.7 Å². The van der Waals surface area contributed by atoms with Crippen molar-refractivity contribution in [3.8, 4) is 0 Å². The van der Waals surface area contributed by atoms with E-state index in [1.54, 1.807) is 0 Å². The van der Waals surface area contributed by atoms with Crippen LogP contribution in [0.2, 0.25) is 0 Å². The largest absolute Gasteiger partial charge is 0.396 e. The second kappa shape index (κ2) is 9.53. The Labute approximate surface area is 128 Å². The topological polar surface area (TPSA) is 66.6 Å². The monoisotopic (exact) mass is 292 g/mol. The third-order valence-corrected chi connectivity index (χ3v) is 3.75. The van der Waals surface area contributed by atoms with Crippen LogP contribution in [0.1, 0.15) is 37.3 Å². The average Bonchev–Trinajstić information content (AvgIpc) is 2.46. The first-order valence-electron chi connectivity index (χ1n) is 7.77. The van der Waals surface area contributed by atoms with Crippen LogP contribution in [0, 0.1) is 6.92 Å². The van der Waals surface area contributed by atoms with E-state index in [1.165, 1.54) is 11.1 Å². The van der Waals surface area contributed by atoms with Gasteiger partial charge in [0, 0.05) is 32.2 Å². The third-order valence-electron chi connectivity index (χ3n) is 3.75. The molecule has 1 aromatic rings. The van der Waals surface area contributed by atoms with Gasteiger partial charge in [-0.3, -0.25) is 4.79 Å². The van der Waals surface area contributed by atoms with Crippen LogP contribution in [0.3, 0.4) is 0 Å². The fraction of sp³-hybridized carbons (Fsp3) is 0.588. The predicted molar refractivity (Wildman–Crippen MR) is 86.0 cm³/mol. The lowest BCUT2D eigenvalue weighted by molar-refractivity contribution is -0.131. The summed E-state index contributed by atoms with van der Waals surface area (Å²) >= 11 is 0. The highest BCUT2D eigenvalue weighted by atomic mass is 16.3. The summed E-state index contributed by atoms with van der Waals surface area (Å²) in [6.07, 6.45) is 2.68. The molecule has 1 atom stereocenters. The summed E-state index contributed by atoms with van der Waals surface area (Å²) in [7, 11) is 0. The first-order chi connectivity index (χ1) is 10.1. The maximum absolute atomic E-state index is 12.2. The van der Waals surface area contributed by atoms with E-state index in [0.29, 0.717) is 19.5 Å². The van der Waals surface area contributed by atoms with Crippen molar-refractivity contribution >= 4 is 5.91 Å². The third kappa shape index (κ3) is 6.27. The molecular weight excluding hydrogens is 264 g/mol. The Kier molecular flexibility index (Phi) is 8.01. The van der Waals surface area contributed by atoms with Crippen LogP contribution in [0.4, 0.5) is 0 Å². The van der Waals surface area contributed by atoms with Gasteiger partial charge in [0.25, 0.3) is 0 Å². The molecule has 0 aliphatic carbocycles. The normalized spacial score (nSPS) is 12.2. The molecule has 3 N–H and O–H groups in total. The smallest absolute Gasteiger partial charge is 0.224 e. The molecule has 0 saturated heterocycles. The van der Waals surface area contributed by atoms with Crippen molar-refractivity contribution in [1.29, 1.82) is 0 Å². The van der Waals surface area contributed by atoms with Crippen molar-refractivity contribution in [2.45, 2.75) is 45.6 Å². The Morgan fingerprint density at radius 3 is 2.67 bits per heavy atom. The van der Waals surface area contributed by atoms with Gasteiger partial charge in [-0.25, -0.2) is 0 Å². The van der Waals surface area contributed by atoms with E-state index in [1.807, 2.05) is 24.0 Å². The van der Waals surface area contributed by atoms with Crippen LogP contribution in [-0.2, 0) is 11.2 Å². The number of aliphatic hydroxyl groups excluding tert-OH is 1. The van der Waals surface area contributed by atoms with Crippen molar-refractivity contribution in [2.24, 2.45) is 5.73 Å². The molecule has 1 aromatic carbocycles. The molecule has 21 heavy (non-hydrogen) atoms. The Morgan fingerprint density at radius 2 is 2.05 bits per heavy atom. The van der Waals surface area contributed by atoms with Crippen LogP contribution in [-0.4, -0.2) is 41.7 Å². The molecule has 0 aliphatic heterocycles. The zero-order valence-electron chi connectivity index (χ0n) is 13.2. The molecule has 0 aromatic heterocycles. The van der Waals surface area contributed by atoms with E-state index < -0.39 is 0 Å². The maximum atomic E-state index is 12.2. The molecule has 0 heterocycles. The van der Waals surface area contributed by atoms with Crippen LogP contribution < -0.4 is 5.73 Å². The summed E-state index contributed by atoms with van der Waals surface area (Å²) in [6, 6.07) is 8.00. The molecule has 0 saturated carbocycles. The number of carbonyl (C=O) groups excluding carboxylic acids is 1. The van der Waals surface area contributed by atoms with Crippen LogP contribution in [0.15, 0.2) is 24.3 Å². The van der Waals surface area contributed by atoms with Crippen molar-refractivity contribution < 1.29 is 9.90 Å². The minimum Gasteiger partial charge on any atom is -0.396 e. The molecule has 0 bridgehead atoms. The van der Waals surface area contributed by atoms with Crippen LogP contribution in [0.25, 0.3) is 0 Å². The van der Waals surface area contributed by atoms with E-state index in [0.717, 1.165) is 19.3 Å². The summed E-state index contributed by atoms with van der Waals surface area (Å²) in [5.41, 5.74) is 8.56. The van der Waals surface area contributed by atoms with Gasteiger partial charge in [-0.05, 0) is 44.2 Å². The summed E-state index contributed by atoms with van der Waals surface area (Å²) in [5, 5.41) is 8.80. The van der Waals surface area contributed by atoms with Gasteiger partial charge in [-0.1, -0.05) is 24.3 Å². The van der Waals surface area contributed by atoms with Crippen molar-refractivity contribution in [1.82, 2.24) is 4.90 Å². The molecule has 1 amide bonds. The Balaban J connectivity index is 2.47. The number of benzene rings is 1. The van der Waals surface area contributed by atoms with Crippen molar-refractivity contribution in [2.75, 3.05) is 19.7 Å². The molecule has 0 aliphatic rings. The number of carbonyl (C=O) groups is 1. The number of rotatable bonds is 9. The van der Waals surface area contributed by atoms with Gasteiger partial charge in [0.2, 0.25) is 5.91 Å². The lowest BCUT2D eigenvalue weighted by atomic mass is 9.99. The minimum absolute atomic E-state index is 0.108. The lowest BCUT2D eigenvalue weighted by Crippen LogP contribution is -2.37. The van der Waals surface area contributed by atoms with Crippen LogP contribution >= 0.6 is 0 Å². The number of amides is 1. The molecule has 1 rings (SSSR count). The van der Waals surface area contributed by atoms with E-state index in [9.17, 15) is 4.79 Å². The zero-order chi connectivity index (χ0) is 15.7. The summed E-state index contributed by atoms with van der Waals surface area (Å²) < 4.78 is 0. The highest BCUT2D eigenvalue weighted by molar-refractivity contribution is 5.76. The molecule has 4 heteroatoms. The Hall–Kier alpha value is -1.39. The molecule has 0 spiro atoms. The van der Waals surface area contributed by atoms with Crippen molar-refractivity contribution in [3.05, 3.63) is 35.4 Å². The fourth-order valence-corrected chi connectivity index (χ4v) is 2.42. The number of nitrogens with zero attached hydrogens (tertiary/aromatic N) is 1. The molecule has 0 fully saturated rings. The molecule has 118 valence electrons. The minimum atomic E-state index is -0.148. The molecular formula is C17H28N2O2. The quantitative estimate of drug-likeness (QED) is 0.683. The molecule has 0 unspecified atom stereocenters. The number of aliphatic hydroxyl groups is 1. The standard InChI is InChI=1S/C17H28N2O2/c1-3-19(10-6-7-11-20)17(21)13-16(18)12-15-9-5-4-8-14(15)2/h4-5,8-9,16,20H,3,6-7,10-13,18H2,1-2H3/t16-/m1/s1. The van der Waals surface area contributed by atoms with E-state index in [2.05, 4.69) is 19.1 Å². The Bertz CT molecular complexity index is 435. The zero-order valence-corrected chi connectivity index (χ0v) is 13.2. The lowest BCUT2D eigenvalue weighted by Gasteiger charge is -2.23. The van der Waals surface area contributed by atoms with Crippen LogP contribution in [0.5, 0.6) is 0 Å². The highest BCUT2D eigenvalue weighted by Gasteiger charge is 2.16. The average molecular weight is 292 g/mol. The number of hydrogen-bond donors (Lipinski definition) is 2. The Morgan fingerprint density at radius 1 is 1.33 bits per heavy atom. The first kappa shape index (κ1) is 17.7. The van der Waals surface area contributed by atoms with Gasteiger partial charge in [-0.15, -0.1) is 0 Å². The van der Waals surface area contributed by atoms with Gasteiger partial charge in [0.1, 0.15) is 0 Å². The fourth-order valence-electron chi connectivity index (χ4n) is 2.42. The SMILES string of the molecule is CCN(CCCCO)C(=O)C[C@H](N)Cc1ccccc1C. The molecule has 4 nitrogen and oxygen atoms in total. The van der Waals surface area contributed by atoms with Gasteiger partial charge in [0.15, 0.2) is 0 Å².